The number of carbonyl (C=O) groups excluding carboxylic acids is 2. The van der Waals surface area contributed by atoms with Crippen LogP contribution in [0.5, 0.6) is 0 Å². The average molecular weight is 356 g/mol. The molecule has 2 rings (SSSR count). The summed E-state index contributed by atoms with van der Waals surface area (Å²) >= 11 is 3.35. The number of ether oxygens (including phenoxy) is 1. The van der Waals surface area contributed by atoms with Crippen molar-refractivity contribution in [2.45, 2.75) is 18.6 Å². The lowest BCUT2D eigenvalue weighted by molar-refractivity contribution is -0.149. The Morgan fingerprint density at radius 1 is 1.38 bits per heavy atom. The van der Waals surface area contributed by atoms with Gasteiger partial charge >= 0.3 is 0 Å². The molecule has 1 aliphatic rings. The Labute approximate surface area is 131 Å². The third-order valence-corrected chi connectivity index (χ3v) is 4.09. The summed E-state index contributed by atoms with van der Waals surface area (Å²) in [7, 11) is 0. The first-order valence-corrected chi connectivity index (χ1v) is 7.37. The number of rotatable bonds is 3. The Bertz CT molecular complexity index is 545. The molecule has 1 fully saturated rings. The first-order valence-electron chi connectivity index (χ1n) is 6.57. The Morgan fingerprint density at radius 3 is 2.57 bits per heavy atom. The topological polar surface area (TPSA) is 98.7 Å². The Kier molecular flexibility index (Phi) is 4.65. The fourth-order valence-electron chi connectivity index (χ4n) is 2.25. The first kappa shape index (κ1) is 15.9. The third kappa shape index (κ3) is 3.42. The van der Waals surface area contributed by atoms with E-state index in [0.717, 1.165) is 4.47 Å². The number of primary amides is 1. The van der Waals surface area contributed by atoms with Gasteiger partial charge in [0.1, 0.15) is 5.54 Å². The summed E-state index contributed by atoms with van der Waals surface area (Å²) in [6.07, 6.45) is -0.775. The molecule has 0 aliphatic carbocycles. The molecule has 2 unspecified atom stereocenters. The number of nitrogens with zero attached hydrogens (tertiary/aromatic N) is 1. The van der Waals surface area contributed by atoms with Crippen LogP contribution < -0.4 is 11.5 Å². The highest BCUT2D eigenvalue weighted by Crippen LogP contribution is 2.23. The van der Waals surface area contributed by atoms with Crippen LogP contribution in [-0.4, -0.2) is 42.5 Å². The number of amides is 2. The summed E-state index contributed by atoms with van der Waals surface area (Å²) in [5.74, 6) is -0.825. The standard InChI is InChI=1S/C14H18BrN3O3/c1-14(17,9-2-4-10(15)5-3-9)13(20)18-6-7-21-11(8-18)12(16)19/h2-5,11H,6-8,17H2,1H3,(H2,16,19). The van der Waals surface area contributed by atoms with Gasteiger partial charge in [-0.1, -0.05) is 28.1 Å². The highest BCUT2D eigenvalue weighted by Gasteiger charge is 2.37. The van der Waals surface area contributed by atoms with Crippen molar-refractivity contribution in [1.29, 1.82) is 0 Å². The van der Waals surface area contributed by atoms with Gasteiger partial charge < -0.3 is 21.1 Å². The zero-order chi connectivity index (χ0) is 15.6. The molecule has 2 atom stereocenters. The number of hydrogen-bond acceptors (Lipinski definition) is 4. The Morgan fingerprint density at radius 2 is 2.00 bits per heavy atom. The van der Waals surface area contributed by atoms with Gasteiger partial charge in [0, 0.05) is 11.0 Å². The maximum Gasteiger partial charge on any atom is 0.248 e. The molecule has 7 heteroatoms. The molecule has 0 bridgehead atoms. The van der Waals surface area contributed by atoms with Crippen LogP contribution >= 0.6 is 15.9 Å². The molecule has 1 saturated heterocycles. The Hall–Kier alpha value is -1.44. The van der Waals surface area contributed by atoms with E-state index in [0.29, 0.717) is 12.1 Å². The molecule has 1 heterocycles. The van der Waals surface area contributed by atoms with Crippen LogP contribution in [0.4, 0.5) is 0 Å². The van der Waals surface area contributed by atoms with Crippen molar-refractivity contribution in [3.63, 3.8) is 0 Å². The van der Waals surface area contributed by atoms with Gasteiger partial charge in [-0.3, -0.25) is 9.59 Å². The van der Waals surface area contributed by atoms with Gasteiger partial charge in [-0.25, -0.2) is 0 Å². The van der Waals surface area contributed by atoms with Crippen LogP contribution in [0.15, 0.2) is 28.7 Å². The van der Waals surface area contributed by atoms with E-state index in [1.807, 2.05) is 12.1 Å². The molecule has 0 spiro atoms. The van der Waals surface area contributed by atoms with Crippen molar-refractivity contribution in [2.75, 3.05) is 19.7 Å². The van der Waals surface area contributed by atoms with E-state index >= 15 is 0 Å². The zero-order valence-electron chi connectivity index (χ0n) is 11.7. The maximum absolute atomic E-state index is 12.7. The fraction of sp³-hybridized carbons (Fsp3) is 0.429. The fourth-order valence-corrected chi connectivity index (χ4v) is 2.52. The van der Waals surface area contributed by atoms with Gasteiger partial charge in [0.25, 0.3) is 0 Å². The SMILES string of the molecule is CC(N)(C(=O)N1CCOC(C(N)=O)C1)c1ccc(Br)cc1. The zero-order valence-corrected chi connectivity index (χ0v) is 13.3. The summed E-state index contributed by atoms with van der Waals surface area (Å²) in [6.45, 7) is 2.46. The minimum absolute atomic E-state index is 0.136. The molecule has 1 aromatic rings. The molecular formula is C14H18BrN3O3. The smallest absolute Gasteiger partial charge is 0.248 e. The molecule has 21 heavy (non-hydrogen) atoms. The average Bonchev–Trinajstić information content (AvgIpc) is 2.47. The summed E-state index contributed by atoms with van der Waals surface area (Å²) in [6, 6.07) is 7.26. The summed E-state index contributed by atoms with van der Waals surface area (Å²) < 4.78 is 6.15. The van der Waals surface area contributed by atoms with Crippen molar-refractivity contribution in [3.05, 3.63) is 34.3 Å². The third-order valence-electron chi connectivity index (χ3n) is 3.56. The van der Waals surface area contributed by atoms with Crippen molar-refractivity contribution in [2.24, 2.45) is 11.5 Å². The van der Waals surface area contributed by atoms with Crippen LogP contribution in [0.25, 0.3) is 0 Å². The molecule has 6 nitrogen and oxygen atoms in total. The van der Waals surface area contributed by atoms with Gasteiger partial charge in [0.2, 0.25) is 11.8 Å². The van der Waals surface area contributed by atoms with E-state index in [-0.39, 0.29) is 19.1 Å². The number of benzene rings is 1. The van der Waals surface area contributed by atoms with Gasteiger partial charge in [0.15, 0.2) is 6.10 Å². The van der Waals surface area contributed by atoms with Crippen molar-refractivity contribution < 1.29 is 14.3 Å². The molecule has 1 aromatic carbocycles. The van der Waals surface area contributed by atoms with Crippen LogP contribution in [0.2, 0.25) is 0 Å². The normalized spacial score (nSPS) is 21.7. The van der Waals surface area contributed by atoms with Crippen LogP contribution in [0, 0.1) is 0 Å². The predicted octanol–water partition coefficient (Wildman–Crippen LogP) is 0.336. The second kappa shape index (κ2) is 6.13. The monoisotopic (exact) mass is 355 g/mol. The number of morpholine rings is 1. The summed E-state index contributed by atoms with van der Waals surface area (Å²) in [5, 5.41) is 0. The lowest BCUT2D eigenvalue weighted by atomic mass is 9.91. The summed E-state index contributed by atoms with van der Waals surface area (Å²) in [5.41, 5.74) is 11.0. The predicted molar refractivity (Wildman–Crippen MR) is 81.2 cm³/mol. The summed E-state index contributed by atoms with van der Waals surface area (Å²) in [4.78, 5) is 25.4. The molecule has 114 valence electrons. The maximum atomic E-state index is 12.7. The number of hydrogen-bond donors (Lipinski definition) is 2. The van der Waals surface area contributed by atoms with Gasteiger partial charge in [0.05, 0.1) is 13.2 Å². The van der Waals surface area contributed by atoms with Crippen molar-refractivity contribution >= 4 is 27.7 Å². The van der Waals surface area contributed by atoms with Gasteiger partial charge in [-0.05, 0) is 24.6 Å². The second-order valence-electron chi connectivity index (χ2n) is 5.22. The van der Waals surface area contributed by atoms with E-state index in [1.165, 1.54) is 4.90 Å². The van der Waals surface area contributed by atoms with Gasteiger partial charge in [-0.2, -0.15) is 0 Å². The molecule has 0 saturated carbocycles. The number of nitrogens with two attached hydrogens (primary N) is 2. The highest BCUT2D eigenvalue weighted by atomic mass is 79.9. The second-order valence-corrected chi connectivity index (χ2v) is 6.14. The first-order chi connectivity index (χ1) is 9.82. The van der Waals surface area contributed by atoms with Crippen molar-refractivity contribution in [3.8, 4) is 0 Å². The molecule has 2 amide bonds. The lowest BCUT2D eigenvalue weighted by Gasteiger charge is -2.36. The van der Waals surface area contributed by atoms with E-state index in [9.17, 15) is 9.59 Å². The largest absolute Gasteiger partial charge is 0.367 e. The minimum atomic E-state index is -1.17. The van der Waals surface area contributed by atoms with E-state index in [2.05, 4.69) is 15.9 Å². The lowest BCUT2D eigenvalue weighted by Crippen LogP contribution is -2.57. The van der Waals surface area contributed by atoms with E-state index in [1.54, 1.807) is 19.1 Å². The van der Waals surface area contributed by atoms with Crippen LogP contribution in [-0.2, 0) is 19.9 Å². The molecular weight excluding hydrogens is 338 g/mol. The number of halogens is 1. The minimum Gasteiger partial charge on any atom is -0.367 e. The Balaban J connectivity index is 2.17. The van der Waals surface area contributed by atoms with Gasteiger partial charge in [-0.15, -0.1) is 0 Å². The van der Waals surface area contributed by atoms with Crippen LogP contribution in [0.3, 0.4) is 0 Å². The molecule has 1 aliphatic heterocycles. The van der Waals surface area contributed by atoms with Crippen molar-refractivity contribution in [1.82, 2.24) is 4.90 Å². The molecule has 0 aromatic heterocycles. The van der Waals surface area contributed by atoms with E-state index < -0.39 is 17.6 Å². The number of carbonyl (C=O) groups is 2. The van der Waals surface area contributed by atoms with E-state index in [4.69, 9.17) is 16.2 Å². The molecule has 4 N–H and O–H groups in total. The molecule has 0 radical (unpaired) electrons. The quantitative estimate of drug-likeness (QED) is 0.816. The highest BCUT2D eigenvalue weighted by molar-refractivity contribution is 9.10. The van der Waals surface area contributed by atoms with Crippen LogP contribution in [0.1, 0.15) is 12.5 Å².